The molecule has 5 heteroatoms. The molecular weight excluding hydrogens is 438 g/mol. The topological polar surface area (TPSA) is 87.0 Å². The molecule has 0 spiro atoms. The first-order chi connectivity index (χ1) is 17.0. The third-order valence-corrected chi connectivity index (χ3v) is 6.59. The average Bonchev–Trinajstić information content (AvgIpc) is 2.86. The number of carboxylic acids is 1. The summed E-state index contributed by atoms with van der Waals surface area (Å²) in [7, 11) is 0. The van der Waals surface area contributed by atoms with Gasteiger partial charge in [0.2, 0.25) is 0 Å². The van der Waals surface area contributed by atoms with Crippen LogP contribution in [-0.4, -0.2) is 34.2 Å². The number of allylic oxidation sites excluding steroid dienone is 2. The Kier molecular flexibility index (Phi) is 8.09. The van der Waals surface area contributed by atoms with E-state index in [0.717, 1.165) is 34.7 Å². The molecule has 0 aromatic heterocycles. The zero-order chi connectivity index (χ0) is 24.6. The van der Waals surface area contributed by atoms with Crippen molar-refractivity contribution >= 4 is 28.2 Å². The number of fused-ring (bicyclic) bond motifs is 1. The van der Waals surface area contributed by atoms with Gasteiger partial charge in [-0.3, -0.25) is 14.6 Å². The van der Waals surface area contributed by atoms with Crippen LogP contribution < -0.4 is 0 Å². The molecule has 1 fully saturated rings. The summed E-state index contributed by atoms with van der Waals surface area (Å²) < 4.78 is 0. The van der Waals surface area contributed by atoms with Crippen molar-refractivity contribution in [2.75, 3.05) is 6.54 Å². The summed E-state index contributed by atoms with van der Waals surface area (Å²) in [6.07, 6.45) is 3.49. The van der Waals surface area contributed by atoms with Crippen molar-refractivity contribution in [2.24, 2.45) is 4.99 Å². The van der Waals surface area contributed by atoms with Gasteiger partial charge in [-0.25, -0.2) is 0 Å². The molecule has 3 aromatic carbocycles. The lowest BCUT2D eigenvalue weighted by Gasteiger charge is -2.26. The maximum absolute atomic E-state index is 13.3. The van der Waals surface area contributed by atoms with Crippen molar-refractivity contribution < 1.29 is 19.8 Å². The molecule has 1 atom stereocenters. The number of benzene rings is 3. The molecule has 1 aliphatic rings. The SMILES string of the molecule is O=C(O)CCCCCN=C1CC(c2ccccc2)CC(=O)/C1=C(\O)Cc1cccc2ccccc12. The lowest BCUT2D eigenvalue weighted by atomic mass is 9.78. The van der Waals surface area contributed by atoms with E-state index in [1.54, 1.807) is 0 Å². The number of carbonyl (C=O) groups is 2. The Bertz CT molecular complexity index is 1250. The molecular formula is C30H31NO4. The van der Waals surface area contributed by atoms with E-state index in [1.165, 1.54) is 0 Å². The molecule has 3 aromatic rings. The summed E-state index contributed by atoms with van der Waals surface area (Å²) in [5.74, 6) is -0.762. The van der Waals surface area contributed by atoms with E-state index in [-0.39, 0.29) is 30.3 Å². The standard InChI is InChI=1S/C30H31NO4/c32-27(19-23-14-9-13-22-12-6-7-15-25(22)23)30-26(31-17-8-2-5-16-29(34)35)18-24(20-28(30)33)21-10-3-1-4-11-21/h1,3-4,6-7,9-15,24,32H,2,5,8,16-20H2,(H,34,35)/b30-27-,31-26?. The Morgan fingerprint density at radius 2 is 1.60 bits per heavy atom. The van der Waals surface area contributed by atoms with Gasteiger partial charge in [0.15, 0.2) is 5.78 Å². The zero-order valence-corrected chi connectivity index (χ0v) is 19.8. The number of aliphatic carboxylic acids is 1. The van der Waals surface area contributed by atoms with Gasteiger partial charge in [-0.2, -0.15) is 0 Å². The van der Waals surface area contributed by atoms with Gasteiger partial charge in [-0.05, 0) is 47.1 Å². The number of unbranched alkanes of at least 4 members (excludes halogenated alkanes) is 2. The molecule has 4 rings (SSSR count). The molecule has 1 saturated carbocycles. The molecule has 1 aliphatic carbocycles. The van der Waals surface area contributed by atoms with Crippen LogP contribution in [0.5, 0.6) is 0 Å². The summed E-state index contributed by atoms with van der Waals surface area (Å²) in [5, 5.41) is 22.2. The summed E-state index contributed by atoms with van der Waals surface area (Å²) in [5.41, 5.74) is 3.09. The highest BCUT2D eigenvalue weighted by molar-refractivity contribution is 6.24. The predicted octanol–water partition coefficient (Wildman–Crippen LogP) is 6.43. The third kappa shape index (κ3) is 6.24. The number of hydrogen-bond acceptors (Lipinski definition) is 4. The number of rotatable bonds is 9. The normalized spacial score (nSPS) is 18.7. The van der Waals surface area contributed by atoms with Gasteiger partial charge in [-0.15, -0.1) is 0 Å². The van der Waals surface area contributed by atoms with E-state index >= 15 is 0 Å². The Labute approximate surface area is 205 Å². The van der Waals surface area contributed by atoms with Crippen molar-refractivity contribution in [3.63, 3.8) is 0 Å². The Morgan fingerprint density at radius 1 is 0.857 bits per heavy atom. The van der Waals surface area contributed by atoms with Gasteiger partial charge in [-0.1, -0.05) is 79.2 Å². The van der Waals surface area contributed by atoms with E-state index in [1.807, 2.05) is 72.8 Å². The fourth-order valence-electron chi connectivity index (χ4n) is 4.82. The molecule has 0 radical (unpaired) electrons. The number of nitrogens with zero attached hydrogens (tertiary/aromatic N) is 1. The Balaban J connectivity index is 1.60. The smallest absolute Gasteiger partial charge is 0.303 e. The molecule has 1 unspecified atom stereocenters. The van der Waals surface area contributed by atoms with Crippen molar-refractivity contribution in [1.29, 1.82) is 0 Å². The van der Waals surface area contributed by atoms with Gasteiger partial charge in [0.05, 0.1) is 5.57 Å². The second kappa shape index (κ2) is 11.6. The quantitative estimate of drug-likeness (QED) is 0.215. The van der Waals surface area contributed by atoms with Crippen molar-refractivity contribution in [1.82, 2.24) is 0 Å². The molecule has 5 nitrogen and oxygen atoms in total. The summed E-state index contributed by atoms with van der Waals surface area (Å²) in [6.45, 7) is 0.509. The largest absolute Gasteiger partial charge is 0.511 e. The van der Waals surface area contributed by atoms with E-state index in [9.17, 15) is 14.7 Å². The molecule has 2 N–H and O–H groups in total. The lowest BCUT2D eigenvalue weighted by Crippen LogP contribution is -2.27. The van der Waals surface area contributed by atoms with Gasteiger partial charge >= 0.3 is 5.97 Å². The fraction of sp³-hybridized carbons (Fsp3) is 0.300. The molecule has 0 bridgehead atoms. The predicted molar refractivity (Wildman–Crippen MR) is 139 cm³/mol. The molecule has 0 saturated heterocycles. The third-order valence-electron chi connectivity index (χ3n) is 6.59. The number of aliphatic imine (C=N–C) groups is 1. The highest BCUT2D eigenvalue weighted by Gasteiger charge is 2.32. The first kappa shape index (κ1) is 24.4. The highest BCUT2D eigenvalue weighted by Crippen LogP contribution is 2.34. The summed E-state index contributed by atoms with van der Waals surface area (Å²) in [4.78, 5) is 28.8. The van der Waals surface area contributed by atoms with Crippen molar-refractivity contribution in [3.05, 3.63) is 95.3 Å². The maximum Gasteiger partial charge on any atom is 0.303 e. The maximum atomic E-state index is 13.3. The lowest BCUT2D eigenvalue weighted by molar-refractivity contribution is -0.137. The second-order valence-electron chi connectivity index (χ2n) is 9.11. The van der Waals surface area contributed by atoms with Gasteiger partial charge < -0.3 is 10.2 Å². The fourth-order valence-corrected chi connectivity index (χ4v) is 4.82. The van der Waals surface area contributed by atoms with Crippen LogP contribution in [0.15, 0.2) is 89.1 Å². The number of Topliss-reactive ketones (excluding diaryl/α,β-unsaturated/α-hetero) is 1. The van der Waals surface area contributed by atoms with Gasteiger partial charge in [0.25, 0.3) is 0 Å². The minimum Gasteiger partial charge on any atom is -0.511 e. The molecule has 0 aliphatic heterocycles. The average molecular weight is 470 g/mol. The number of carboxylic acid groups (broad SMARTS) is 1. The van der Waals surface area contributed by atoms with Gasteiger partial charge in [0.1, 0.15) is 5.76 Å². The van der Waals surface area contributed by atoms with Gasteiger partial charge in [0, 0.05) is 31.5 Å². The zero-order valence-electron chi connectivity index (χ0n) is 19.8. The monoisotopic (exact) mass is 469 g/mol. The minimum atomic E-state index is -0.788. The Hall–Kier alpha value is -3.73. The van der Waals surface area contributed by atoms with Crippen LogP contribution in [-0.2, 0) is 16.0 Å². The number of hydrogen-bond donors (Lipinski definition) is 2. The van der Waals surface area contributed by atoms with Crippen LogP contribution in [0, 0.1) is 0 Å². The minimum absolute atomic E-state index is 0.0311. The molecule has 180 valence electrons. The number of aliphatic hydroxyl groups excluding tert-OH is 1. The summed E-state index contributed by atoms with van der Waals surface area (Å²) in [6, 6.07) is 24.0. The Morgan fingerprint density at radius 3 is 2.40 bits per heavy atom. The van der Waals surface area contributed by atoms with Crippen LogP contribution in [0.4, 0.5) is 0 Å². The van der Waals surface area contributed by atoms with E-state index in [2.05, 4.69) is 0 Å². The molecule has 0 amide bonds. The molecule has 0 heterocycles. The summed E-state index contributed by atoms with van der Waals surface area (Å²) >= 11 is 0. The van der Waals surface area contributed by atoms with Crippen LogP contribution in [0.3, 0.4) is 0 Å². The van der Waals surface area contributed by atoms with Crippen LogP contribution in [0.1, 0.15) is 55.6 Å². The number of carbonyl (C=O) groups excluding carboxylic acids is 1. The van der Waals surface area contributed by atoms with Crippen molar-refractivity contribution in [3.8, 4) is 0 Å². The van der Waals surface area contributed by atoms with Crippen LogP contribution in [0.25, 0.3) is 10.8 Å². The first-order valence-electron chi connectivity index (χ1n) is 12.3. The van der Waals surface area contributed by atoms with Crippen molar-refractivity contribution in [2.45, 2.75) is 50.9 Å². The molecule has 35 heavy (non-hydrogen) atoms. The number of ketones is 1. The van der Waals surface area contributed by atoms with Crippen LogP contribution in [0.2, 0.25) is 0 Å². The second-order valence-corrected chi connectivity index (χ2v) is 9.11. The highest BCUT2D eigenvalue weighted by atomic mass is 16.4. The van der Waals surface area contributed by atoms with E-state index in [4.69, 9.17) is 10.1 Å². The van der Waals surface area contributed by atoms with E-state index < -0.39 is 5.97 Å². The number of aliphatic hydroxyl groups is 1. The van der Waals surface area contributed by atoms with E-state index in [0.29, 0.717) is 37.1 Å². The van der Waals surface area contributed by atoms with Crippen LogP contribution >= 0.6 is 0 Å². The first-order valence-corrected chi connectivity index (χ1v) is 12.3.